The van der Waals surface area contributed by atoms with Crippen molar-refractivity contribution in [1.82, 2.24) is 0 Å². The summed E-state index contributed by atoms with van der Waals surface area (Å²) in [4.78, 5) is 0. The van der Waals surface area contributed by atoms with Crippen molar-refractivity contribution in [2.45, 2.75) is 96.6 Å². The topological polar surface area (TPSA) is 42.0 Å². The summed E-state index contributed by atoms with van der Waals surface area (Å²) in [6, 6.07) is 0. The molecular formula is C20H34O3. The number of aliphatic hydroxyl groups excluding tert-OH is 1. The van der Waals surface area contributed by atoms with Gasteiger partial charge in [0.25, 0.3) is 0 Å². The smallest absolute Gasteiger partial charge is 0.110 e. The summed E-state index contributed by atoms with van der Waals surface area (Å²) < 4.78 is 12.3. The highest BCUT2D eigenvalue weighted by atomic mass is 16.6. The Labute approximate surface area is 141 Å². The first-order valence-electron chi connectivity index (χ1n) is 9.62. The van der Waals surface area contributed by atoms with Gasteiger partial charge in [-0.05, 0) is 68.6 Å². The molecule has 0 aromatic heterocycles. The molecule has 4 fully saturated rings. The van der Waals surface area contributed by atoms with Crippen molar-refractivity contribution in [1.29, 1.82) is 0 Å². The Hall–Kier alpha value is -0.120. The summed E-state index contributed by atoms with van der Waals surface area (Å²) in [6.07, 6.45) is 6.87. The van der Waals surface area contributed by atoms with Crippen LogP contribution in [0.5, 0.6) is 0 Å². The van der Waals surface area contributed by atoms with Gasteiger partial charge in [-0.15, -0.1) is 0 Å². The van der Waals surface area contributed by atoms with E-state index in [9.17, 15) is 5.11 Å². The monoisotopic (exact) mass is 322 g/mol. The van der Waals surface area contributed by atoms with Gasteiger partial charge in [-0.2, -0.15) is 0 Å². The third-order valence-electron chi connectivity index (χ3n) is 8.28. The molecular weight excluding hydrogens is 288 g/mol. The van der Waals surface area contributed by atoms with Crippen LogP contribution in [0.4, 0.5) is 0 Å². The fourth-order valence-electron chi connectivity index (χ4n) is 6.88. The average Bonchev–Trinajstić information content (AvgIpc) is 3.26. The number of hydrogen-bond donors (Lipinski definition) is 1. The van der Waals surface area contributed by atoms with E-state index in [2.05, 4.69) is 34.6 Å². The Morgan fingerprint density at radius 3 is 2.30 bits per heavy atom. The van der Waals surface area contributed by atoms with Crippen LogP contribution in [-0.4, -0.2) is 35.1 Å². The lowest BCUT2D eigenvalue weighted by molar-refractivity contribution is -0.303. The SMILES string of the molecule is CC1(C)CCC[C@]2(C)[C@H]3CC[C@](C)([C@@H]4CO4)O[C@]3(C)[C@@H](O)C[C@@H]12. The fourth-order valence-corrected chi connectivity index (χ4v) is 6.88. The van der Waals surface area contributed by atoms with Crippen LogP contribution < -0.4 is 0 Å². The normalized spacial score (nSPS) is 58.2. The Balaban J connectivity index is 1.70. The van der Waals surface area contributed by atoms with Crippen LogP contribution in [-0.2, 0) is 9.47 Å². The van der Waals surface area contributed by atoms with Crippen molar-refractivity contribution in [3.8, 4) is 0 Å². The summed E-state index contributed by atoms with van der Waals surface area (Å²) in [7, 11) is 0. The minimum Gasteiger partial charge on any atom is -0.390 e. The first kappa shape index (κ1) is 16.4. The summed E-state index contributed by atoms with van der Waals surface area (Å²) in [5, 5.41) is 11.1. The summed E-state index contributed by atoms with van der Waals surface area (Å²) in [5.41, 5.74) is -0.00559. The molecule has 2 aliphatic heterocycles. The minimum atomic E-state index is -0.419. The molecule has 7 atom stereocenters. The van der Waals surface area contributed by atoms with Gasteiger partial charge in [0.2, 0.25) is 0 Å². The van der Waals surface area contributed by atoms with E-state index in [0.717, 1.165) is 25.9 Å². The van der Waals surface area contributed by atoms with Gasteiger partial charge in [0.1, 0.15) is 6.10 Å². The van der Waals surface area contributed by atoms with Gasteiger partial charge in [0, 0.05) is 0 Å². The number of hydrogen-bond acceptors (Lipinski definition) is 3. The van der Waals surface area contributed by atoms with E-state index in [-0.39, 0.29) is 17.8 Å². The molecule has 0 spiro atoms. The van der Waals surface area contributed by atoms with Crippen LogP contribution in [0.25, 0.3) is 0 Å². The third kappa shape index (κ3) is 2.19. The second-order valence-corrected chi connectivity index (χ2v) is 10.2. The lowest BCUT2D eigenvalue weighted by Crippen LogP contribution is -2.68. The van der Waals surface area contributed by atoms with Crippen molar-refractivity contribution in [2.75, 3.05) is 6.61 Å². The molecule has 3 nitrogen and oxygen atoms in total. The Morgan fingerprint density at radius 2 is 1.65 bits per heavy atom. The molecule has 3 heteroatoms. The number of ether oxygens (including phenoxy) is 2. The number of rotatable bonds is 1. The van der Waals surface area contributed by atoms with Crippen LogP contribution in [0, 0.1) is 22.7 Å². The van der Waals surface area contributed by atoms with Crippen LogP contribution in [0.1, 0.15) is 73.1 Å². The van der Waals surface area contributed by atoms with Crippen LogP contribution >= 0.6 is 0 Å². The van der Waals surface area contributed by atoms with Gasteiger partial charge in [-0.25, -0.2) is 0 Å². The van der Waals surface area contributed by atoms with E-state index in [1.807, 2.05) is 0 Å². The third-order valence-corrected chi connectivity index (χ3v) is 8.28. The average molecular weight is 322 g/mol. The molecule has 0 aromatic carbocycles. The predicted molar refractivity (Wildman–Crippen MR) is 90.2 cm³/mol. The van der Waals surface area contributed by atoms with Crippen molar-refractivity contribution in [3.05, 3.63) is 0 Å². The van der Waals surface area contributed by atoms with Gasteiger partial charge in [-0.3, -0.25) is 0 Å². The minimum absolute atomic E-state index is 0.209. The molecule has 2 aliphatic carbocycles. The zero-order valence-corrected chi connectivity index (χ0v) is 15.5. The number of fused-ring (bicyclic) bond motifs is 3. The molecule has 0 bridgehead atoms. The Kier molecular flexibility index (Phi) is 3.37. The summed E-state index contributed by atoms with van der Waals surface area (Å²) in [5.74, 6) is 1.05. The van der Waals surface area contributed by atoms with Gasteiger partial charge < -0.3 is 14.6 Å². The largest absolute Gasteiger partial charge is 0.390 e. The molecule has 2 heterocycles. The molecule has 4 aliphatic rings. The van der Waals surface area contributed by atoms with E-state index in [4.69, 9.17) is 9.47 Å². The van der Waals surface area contributed by atoms with Gasteiger partial charge in [0.15, 0.2) is 0 Å². The highest BCUT2D eigenvalue weighted by Gasteiger charge is 2.66. The predicted octanol–water partition coefficient (Wildman–Crippen LogP) is 3.93. The molecule has 4 rings (SSSR count). The lowest BCUT2D eigenvalue weighted by atomic mass is 9.43. The second kappa shape index (κ2) is 4.74. The summed E-state index contributed by atoms with van der Waals surface area (Å²) in [6.45, 7) is 12.5. The summed E-state index contributed by atoms with van der Waals surface area (Å²) >= 11 is 0. The van der Waals surface area contributed by atoms with Crippen molar-refractivity contribution in [2.24, 2.45) is 22.7 Å². The van der Waals surface area contributed by atoms with Crippen molar-refractivity contribution >= 4 is 0 Å². The first-order valence-corrected chi connectivity index (χ1v) is 9.62. The Bertz CT molecular complexity index is 499. The van der Waals surface area contributed by atoms with E-state index < -0.39 is 5.60 Å². The molecule has 2 saturated carbocycles. The maximum Gasteiger partial charge on any atom is 0.110 e. The van der Waals surface area contributed by atoms with Gasteiger partial charge in [0.05, 0.1) is 23.9 Å². The second-order valence-electron chi connectivity index (χ2n) is 10.2. The molecule has 0 unspecified atom stereocenters. The molecule has 0 radical (unpaired) electrons. The van der Waals surface area contributed by atoms with Gasteiger partial charge >= 0.3 is 0 Å². The zero-order valence-electron chi connectivity index (χ0n) is 15.5. The molecule has 0 amide bonds. The number of aliphatic hydroxyl groups is 1. The molecule has 132 valence electrons. The number of epoxide rings is 1. The van der Waals surface area contributed by atoms with Crippen LogP contribution in [0.3, 0.4) is 0 Å². The van der Waals surface area contributed by atoms with Crippen molar-refractivity contribution < 1.29 is 14.6 Å². The zero-order chi connectivity index (χ0) is 16.7. The van der Waals surface area contributed by atoms with Gasteiger partial charge in [-0.1, -0.05) is 27.2 Å². The van der Waals surface area contributed by atoms with E-state index in [1.165, 1.54) is 19.3 Å². The maximum atomic E-state index is 11.1. The standard InChI is InChI=1S/C20H34O3/c1-17(2)8-6-9-18(3)13-7-10-19(4,16-12-22-16)23-20(13,5)15(21)11-14(17)18/h13-16,21H,6-12H2,1-5H3/t13-,14+,15+,16+,18-,19-,20+/m1/s1. The maximum absolute atomic E-state index is 11.1. The van der Waals surface area contributed by atoms with E-state index in [1.54, 1.807) is 0 Å². The molecule has 1 N–H and O–H groups in total. The van der Waals surface area contributed by atoms with Crippen molar-refractivity contribution in [3.63, 3.8) is 0 Å². The Morgan fingerprint density at radius 1 is 0.957 bits per heavy atom. The van der Waals surface area contributed by atoms with Crippen LogP contribution in [0.2, 0.25) is 0 Å². The lowest BCUT2D eigenvalue weighted by Gasteiger charge is -2.66. The fraction of sp³-hybridized carbons (Fsp3) is 1.00. The quantitative estimate of drug-likeness (QED) is 0.744. The molecule has 0 aromatic rings. The highest BCUT2D eigenvalue weighted by Crippen LogP contribution is 2.66. The first-order chi connectivity index (χ1) is 10.6. The van der Waals surface area contributed by atoms with Crippen LogP contribution in [0.15, 0.2) is 0 Å². The molecule has 2 saturated heterocycles. The van der Waals surface area contributed by atoms with E-state index >= 15 is 0 Å². The molecule has 23 heavy (non-hydrogen) atoms. The van der Waals surface area contributed by atoms with E-state index in [0.29, 0.717) is 22.7 Å². The highest BCUT2D eigenvalue weighted by molar-refractivity contribution is 5.15.